The molecule has 0 aromatic heterocycles. The van der Waals surface area contributed by atoms with Crippen molar-refractivity contribution < 1.29 is 0 Å². The van der Waals surface area contributed by atoms with Gasteiger partial charge in [0.2, 0.25) is 0 Å². The van der Waals surface area contributed by atoms with Gasteiger partial charge in [-0.1, -0.05) is 149 Å². The van der Waals surface area contributed by atoms with Crippen LogP contribution in [-0.4, -0.2) is 0 Å². The van der Waals surface area contributed by atoms with Crippen LogP contribution in [0.4, 0.5) is 0 Å². The van der Waals surface area contributed by atoms with E-state index in [1.54, 1.807) is 0 Å². The standard InChI is InChI=1S/C48H38/c1-30(2)40-26-41(38-18-17-36-24-35(15-16-37(36)25-38)34-14-13-31-9-5-6-11-33(31)23-34)28-42(27-40)39-20-21-44-45-22-19-32-10-7-8-12-43(32)47(45)48(3,4)46(44)29-39/h5-30H,1-4H3. The second-order valence-electron chi connectivity index (χ2n) is 14.4. The summed E-state index contributed by atoms with van der Waals surface area (Å²) in [5.41, 5.74) is 14.5. The van der Waals surface area contributed by atoms with Crippen molar-refractivity contribution in [1.29, 1.82) is 0 Å². The zero-order valence-corrected chi connectivity index (χ0v) is 28.0. The Hall–Kier alpha value is -5.46. The minimum atomic E-state index is -0.0793. The highest BCUT2D eigenvalue weighted by Crippen LogP contribution is 2.52. The van der Waals surface area contributed by atoms with Crippen LogP contribution in [0.2, 0.25) is 0 Å². The topological polar surface area (TPSA) is 0 Å². The van der Waals surface area contributed by atoms with Gasteiger partial charge < -0.3 is 0 Å². The normalized spacial score (nSPS) is 13.4. The Labute approximate surface area is 283 Å². The van der Waals surface area contributed by atoms with Gasteiger partial charge >= 0.3 is 0 Å². The van der Waals surface area contributed by atoms with Crippen LogP contribution in [-0.2, 0) is 5.41 Å². The van der Waals surface area contributed by atoms with E-state index in [9.17, 15) is 0 Å². The minimum absolute atomic E-state index is 0.0793. The van der Waals surface area contributed by atoms with Crippen molar-refractivity contribution in [2.45, 2.75) is 39.0 Å². The summed E-state index contributed by atoms with van der Waals surface area (Å²) in [5.74, 6) is 0.426. The van der Waals surface area contributed by atoms with Gasteiger partial charge in [0, 0.05) is 5.41 Å². The van der Waals surface area contributed by atoms with Crippen LogP contribution < -0.4 is 0 Å². The van der Waals surface area contributed by atoms with Gasteiger partial charge in [-0.05, 0) is 130 Å². The highest BCUT2D eigenvalue weighted by Gasteiger charge is 2.37. The highest BCUT2D eigenvalue weighted by molar-refractivity contribution is 5.98. The zero-order valence-electron chi connectivity index (χ0n) is 28.0. The van der Waals surface area contributed by atoms with Crippen molar-refractivity contribution in [3.05, 3.63) is 168 Å². The molecule has 0 amide bonds. The molecule has 8 aromatic rings. The summed E-state index contributed by atoms with van der Waals surface area (Å²) in [7, 11) is 0. The lowest BCUT2D eigenvalue weighted by Crippen LogP contribution is -2.15. The van der Waals surface area contributed by atoms with Gasteiger partial charge in [-0.25, -0.2) is 0 Å². The third kappa shape index (κ3) is 4.59. The largest absolute Gasteiger partial charge is 0.0616 e. The smallest absolute Gasteiger partial charge is 0.0165 e. The Morgan fingerprint density at radius 3 is 1.54 bits per heavy atom. The molecule has 0 unspecified atom stereocenters. The van der Waals surface area contributed by atoms with Crippen molar-refractivity contribution in [1.82, 2.24) is 0 Å². The maximum atomic E-state index is 2.46. The number of benzene rings is 8. The maximum Gasteiger partial charge on any atom is 0.0165 e. The van der Waals surface area contributed by atoms with Crippen LogP contribution in [0.15, 0.2) is 152 Å². The average molecular weight is 615 g/mol. The summed E-state index contributed by atoms with van der Waals surface area (Å²) < 4.78 is 0. The Morgan fingerprint density at radius 2 is 0.875 bits per heavy atom. The number of fused-ring (bicyclic) bond motifs is 7. The van der Waals surface area contributed by atoms with Crippen molar-refractivity contribution in [3.8, 4) is 44.5 Å². The fraction of sp³-hybridized carbons (Fsp3) is 0.125. The minimum Gasteiger partial charge on any atom is -0.0616 e. The van der Waals surface area contributed by atoms with Crippen molar-refractivity contribution >= 4 is 32.3 Å². The first-order valence-corrected chi connectivity index (χ1v) is 17.2. The van der Waals surface area contributed by atoms with Gasteiger partial charge in [0.15, 0.2) is 0 Å². The second-order valence-corrected chi connectivity index (χ2v) is 14.4. The molecule has 0 nitrogen and oxygen atoms in total. The van der Waals surface area contributed by atoms with Crippen LogP contribution >= 0.6 is 0 Å². The highest BCUT2D eigenvalue weighted by atomic mass is 14.4. The second kappa shape index (κ2) is 10.8. The van der Waals surface area contributed by atoms with E-state index in [4.69, 9.17) is 0 Å². The van der Waals surface area contributed by atoms with Crippen LogP contribution in [0.5, 0.6) is 0 Å². The predicted molar refractivity (Wildman–Crippen MR) is 207 cm³/mol. The van der Waals surface area contributed by atoms with Gasteiger partial charge in [-0.2, -0.15) is 0 Å². The van der Waals surface area contributed by atoms with Crippen molar-refractivity contribution in [2.24, 2.45) is 0 Å². The van der Waals surface area contributed by atoms with Crippen LogP contribution in [0.3, 0.4) is 0 Å². The summed E-state index contributed by atoms with van der Waals surface area (Å²) in [6, 6.07) is 56.9. The van der Waals surface area contributed by atoms with Gasteiger partial charge in [0.05, 0.1) is 0 Å². The molecule has 0 N–H and O–H groups in total. The molecular formula is C48H38. The molecular weight excluding hydrogens is 577 g/mol. The third-order valence-electron chi connectivity index (χ3n) is 10.7. The van der Waals surface area contributed by atoms with Crippen LogP contribution in [0.25, 0.3) is 76.8 Å². The molecule has 0 saturated heterocycles. The van der Waals surface area contributed by atoms with E-state index < -0.39 is 0 Å². The van der Waals surface area contributed by atoms with E-state index in [1.807, 2.05) is 0 Å². The van der Waals surface area contributed by atoms with Crippen molar-refractivity contribution in [2.75, 3.05) is 0 Å². The Kier molecular flexibility index (Phi) is 6.46. The molecule has 48 heavy (non-hydrogen) atoms. The molecule has 0 bridgehead atoms. The molecule has 0 saturated carbocycles. The molecule has 0 radical (unpaired) electrons. The molecule has 9 rings (SSSR count). The zero-order chi connectivity index (χ0) is 32.6. The van der Waals surface area contributed by atoms with E-state index in [0.717, 1.165) is 0 Å². The molecule has 0 spiro atoms. The molecule has 0 heteroatoms. The lowest BCUT2D eigenvalue weighted by atomic mass is 9.79. The maximum absolute atomic E-state index is 2.46. The first kappa shape index (κ1) is 28.7. The van der Waals surface area contributed by atoms with E-state index in [1.165, 1.54) is 93.5 Å². The predicted octanol–water partition coefficient (Wildman–Crippen LogP) is 13.6. The number of rotatable bonds is 4. The van der Waals surface area contributed by atoms with Gasteiger partial charge in [-0.3, -0.25) is 0 Å². The lowest BCUT2D eigenvalue weighted by molar-refractivity contribution is 0.666. The fourth-order valence-electron chi connectivity index (χ4n) is 8.07. The molecule has 1 aliphatic carbocycles. The molecule has 0 atom stereocenters. The van der Waals surface area contributed by atoms with Gasteiger partial charge in [0.25, 0.3) is 0 Å². The van der Waals surface area contributed by atoms with E-state index in [0.29, 0.717) is 5.92 Å². The van der Waals surface area contributed by atoms with Gasteiger partial charge in [0.1, 0.15) is 0 Å². The Balaban J connectivity index is 1.11. The average Bonchev–Trinajstić information content (AvgIpc) is 3.36. The van der Waals surface area contributed by atoms with E-state index in [2.05, 4.69) is 179 Å². The summed E-state index contributed by atoms with van der Waals surface area (Å²) >= 11 is 0. The van der Waals surface area contributed by atoms with Crippen LogP contribution in [0.1, 0.15) is 50.3 Å². The number of hydrogen-bond acceptors (Lipinski definition) is 0. The first-order valence-electron chi connectivity index (χ1n) is 17.2. The van der Waals surface area contributed by atoms with Crippen molar-refractivity contribution in [3.63, 3.8) is 0 Å². The summed E-state index contributed by atoms with van der Waals surface area (Å²) in [6.45, 7) is 9.38. The monoisotopic (exact) mass is 614 g/mol. The summed E-state index contributed by atoms with van der Waals surface area (Å²) in [5, 5.41) is 7.75. The Morgan fingerprint density at radius 1 is 0.396 bits per heavy atom. The third-order valence-corrected chi connectivity index (χ3v) is 10.7. The quantitative estimate of drug-likeness (QED) is 0.185. The molecule has 8 aromatic carbocycles. The lowest BCUT2D eigenvalue weighted by Gasteiger charge is -2.24. The first-order chi connectivity index (χ1) is 23.3. The molecule has 230 valence electrons. The van der Waals surface area contributed by atoms with Crippen LogP contribution in [0, 0.1) is 0 Å². The van der Waals surface area contributed by atoms with Gasteiger partial charge in [-0.15, -0.1) is 0 Å². The van der Waals surface area contributed by atoms with E-state index in [-0.39, 0.29) is 5.41 Å². The molecule has 0 fully saturated rings. The molecule has 0 aliphatic heterocycles. The van der Waals surface area contributed by atoms with E-state index >= 15 is 0 Å². The SMILES string of the molecule is CC(C)c1cc(-c2ccc3c(c2)C(C)(C)c2c-3ccc3ccccc23)cc(-c2ccc3cc(-c4ccc5ccccc5c4)ccc3c2)c1. The molecule has 1 aliphatic rings. The summed E-state index contributed by atoms with van der Waals surface area (Å²) in [4.78, 5) is 0. The number of hydrogen-bond donors (Lipinski definition) is 0. The summed E-state index contributed by atoms with van der Waals surface area (Å²) in [6.07, 6.45) is 0. The fourth-order valence-corrected chi connectivity index (χ4v) is 8.07. The Bertz CT molecular complexity index is 2560. The molecule has 0 heterocycles.